The summed E-state index contributed by atoms with van der Waals surface area (Å²) in [5.41, 5.74) is 1.16. The van der Waals surface area contributed by atoms with Crippen LogP contribution in [-0.4, -0.2) is 34.0 Å². The molecule has 1 aromatic rings. The van der Waals surface area contributed by atoms with Crippen molar-refractivity contribution in [2.75, 3.05) is 18.9 Å². The van der Waals surface area contributed by atoms with Gasteiger partial charge in [0.25, 0.3) is 0 Å². The van der Waals surface area contributed by atoms with Gasteiger partial charge in [0.05, 0.1) is 4.90 Å². The maximum absolute atomic E-state index is 12.3. The zero-order valence-electron chi connectivity index (χ0n) is 12.7. The van der Waals surface area contributed by atoms with Crippen LogP contribution in [0.1, 0.15) is 24.8 Å². The number of carbonyl (C=O) groups is 1. The van der Waals surface area contributed by atoms with Crippen LogP contribution >= 0.6 is 12.4 Å². The number of aryl methyl sites for hydroxylation is 1. The van der Waals surface area contributed by atoms with Gasteiger partial charge >= 0.3 is 0 Å². The molecule has 0 spiro atoms. The number of amides is 1. The van der Waals surface area contributed by atoms with Gasteiger partial charge in [0.15, 0.2) is 0 Å². The molecule has 1 amide bonds. The van der Waals surface area contributed by atoms with Gasteiger partial charge in [0.1, 0.15) is 0 Å². The van der Waals surface area contributed by atoms with Crippen molar-refractivity contribution < 1.29 is 13.2 Å². The fraction of sp³-hybridized carbons (Fsp3) is 0.500. The van der Waals surface area contributed by atoms with E-state index in [0.29, 0.717) is 24.2 Å². The first-order chi connectivity index (χ1) is 9.92. The molecule has 6 nitrogen and oxygen atoms in total. The minimum Gasteiger partial charge on any atom is -0.326 e. The molecule has 0 aliphatic heterocycles. The van der Waals surface area contributed by atoms with E-state index >= 15 is 0 Å². The first kappa shape index (κ1) is 18.9. The summed E-state index contributed by atoms with van der Waals surface area (Å²) < 4.78 is 27.2. The van der Waals surface area contributed by atoms with E-state index in [-0.39, 0.29) is 29.3 Å². The van der Waals surface area contributed by atoms with E-state index in [9.17, 15) is 13.2 Å². The van der Waals surface area contributed by atoms with E-state index in [4.69, 9.17) is 0 Å². The molecule has 1 aliphatic carbocycles. The van der Waals surface area contributed by atoms with Crippen molar-refractivity contribution in [3.05, 3.63) is 23.8 Å². The molecule has 1 fully saturated rings. The summed E-state index contributed by atoms with van der Waals surface area (Å²) in [5.74, 6) is -0.147. The summed E-state index contributed by atoms with van der Waals surface area (Å²) in [6, 6.07) is 4.98. The highest BCUT2D eigenvalue weighted by molar-refractivity contribution is 7.89. The largest absolute Gasteiger partial charge is 0.326 e. The maximum atomic E-state index is 12.3. The number of carbonyl (C=O) groups excluding carboxylic acids is 1. The Balaban J connectivity index is 0.00000242. The van der Waals surface area contributed by atoms with Crippen molar-refractivity contribution in [3.8, 4) is 0 Å². The number of hydrogen-bond acceptors (Lipinski definition) is 4. The number of hydrogen-bond donors (Lipinski definition) is 3. The Hall–Kier alpha value is -1.15. The third-order valence-electron chi connectivity index (χ3n) is 3.26. The van der Waals surface area contributed by atoms with Crippen LogP contribution in [0.5, 0.6) is 0 Å². The lowest BCUT2D eigenvalue weighted by atomic mass is 10.2. The second-order valence-electron chi connectivity index (χ2n) is 5.28. The molecule has 22 heavy (non-hydrogen) atoms. The molecule has 0 aromatic heterocycles. The van der Waals surface area contributed by atoms with Crippen molar-refractivity contribution >= 4 is 34.0 Å². The van der Waals surface area contributed by atoms with Crippen molar-refractivity contribution in [1.82, 2.24) is 10.0 Å². The summed E-state index contributed by atoms with van der Waals surface area (Å²) in [6.45, 7) is 2.32. The fourth-order valence-electron chi connectivity index (χ4n) is 1.91. The normalized spacial score (nSPS) is 14.3. The van der Waals surface area contributed by atoms with Crippen LogP contribution in [0.4, 0.5) is 5.69 Å². The number of nitrogens with one attached hydrogen (secondary N) is 3. The minimum absolute atomic E-state index is 0. The van der Waals surface area contributed by atoms with E-state index in [2.05, 4.69) is 15.4 Å². The van der Waals surface area contributed by atoms with Crippen LogP contribution in [0.2, 0.25) is 0 Å². The lowest BCUT2D eigenvalue weighted by Gasteiger charge is -2.11. The van der Waals surface area contributed by atoms with Crippen LogP contribution in [-0.2, 0) is 14.8 Å². The summed E-state index contributed by atoms with van der Waals surface area (Å²) >= 11 is 0. The first-order valence-electron chi connectivity index (χ1n) is 7.00. The first-order valence-corrected chi connectivity index (χ1v) is 8.48. The van der Waals surface area contributed by atoms with Crippen molar-refractivity contribution in [1.29, 1.82) is 0 Å². The second kappa shape index (κ2) is 7.92. The van der Waals surface area contributed by atoms with E-state index < -0.39 is 10.0 Å². The fourth-order valence-corrected chi connectivity index (χ4v) is 3.49. The molecule has 0 bridgehead atoms. The Morgan fingerprint density at radius 2 is 2.00 bits per heavy atom. The third-order valence-corrected chi connectivity index (χ3v) is 4.93. The number of anilines is 1. The molecular formula is C14H22ClN3O3S. The predicted molar refractivity (Wildman–Crippen MR) is 88.9 cm³/mol. The van der Waals surface area contributed by atoms with Crippen LogP contribution in [0.25, 0.3) is 0 Å². The summed E-state index contributed by atoms with van der Waals surface area (Å²) in [5, 5.41) is 5.61. The Bertz CT molecular complexity index is 630. The lowest BCUT2D eigenvalue weighted by molar-refractivity contribution is -0.116. The SMILES string of the molecule is CNCCC(=O)Nc1ccc(C)c(S(=O)(=O)NC2CC2)c1.Cl. The number of rotatable bonds is 7. The van der Waals surface area contributed by atoms with Gasteiger partial charge in [0.2, 0.25) is 15.9 Å². The third kappa shape index (κ3) is 5.24. The number of benzene rings is 1. The summed E-state index contributed by atoms with van der Waals surface area (Å²) in [6.07, 6.45) is 2.12. The van der Waals surface area contributed by atoms with Crippen molar-refractivity contribution in [3.63, 3.8) is 0 Å². The molecule has 2 rings (SSSR count). The van der Waals surface area contributed by atoms with Gasteiger partial charge in [-0.15, -0.1) is 12.4 Å². The Kier molecular flexibility index (Phi) is 6.80. The van der Waals surface area contributed by atoms with Gasteiger partial charge in [-0.3, -0.25) is 4.79 Å². The van der Waals surface area contributed by atoms with Crippen molar-refractivity contribution in [2.24, 2.45) is 0 Å². The van der Waals surface area contributed by atoms with Crippen LogP contribution in [0.3, 0.4) is 0 Å². The molecule has 0 atom stereocenters. The van der Waals surface area contributed by atoms with E-state index in [1.807, 2.05) is 0 Å². The number of halogens is 1. The molecule has 3 N–H and O–H groups in total. The molecule has 124 valence electrons. The van der Waals surface area contributed by atoms with Gasteiger partial charge in [-0.1, -0.05) is 6.07 Å². The zero-order chi connectivity index (χ0) is 15.5. The summed E-state index contributed by atoms with van der Waals surface area (Å²) in [4.78, 5) is 11.9. The van der Waals surface area contributed by atoms with E-state index in [0.717, 1.165) is 12.8 Å². The highest BCUT2D eigenvalue weighted by Crippen LogP contribution is 2.25. The smallest absolute Gasteiger partial charge is 0.241 e. The van der Waals surface area contributed by atoms with Crippen molar-refractivity contribution in [2.45, 2.75) is 37.1 Å². The monoisotopic (exact) mass is 347 g/mol. The quantitative estimate of drug-likeness (QED) is 0.696. The Labute approximate surface area is 137 Å². The van der Waals surface area contributed by atoms with Crippen LogP contribution in [0.15, 0.2) is 23.1 Å². The van der Waals surface area contributed by atoms with Gasteiger partial charge in [-0.05, 0) is 44.5 Å². The second-order valence-corrected chi connectivity index (χ2v) is 6.96. The van der Waals surface area contributed by atoms with E-state index in [1.54, 1.807) is 26.1 Å². The minimum atomic E-state index is -3.52. The average Bonchev–Trinajstić information content (AvgIpc) is 3.21. The molecule has 0 saturated heterocycles. The van der Waals surface area contributed by atoms with Crippen LogP contribution in [0, 0.1) is 6.92 Å². The topological polar surface area (TPSA) is 87.3 Å². The standard InChI is InChI=1S/C14H21N3O3S.ClH/c1-10-3-4-12(16-14(18)7-8-15-2)9-13(10)21(19,20)17-11-5-6-11;/h3-4,9,11,15,17H,5-8H2,1-2H3,(H,16,18);1H. The number of sulfonamides is 1. The maximum Gasteiger partial charge on any atom is 0.241 e. The van der Waals surface area contributed by atoms with Gasteiger partial charge in [-0.25, -0.2) is 13.1 Å². The van der Waals surface area contributed by atoms with Crippen LogP contribution < -0.4 is 15.4 Å². The molecule has 1 aromatic carbocycles. The van der Waals surface area contributed by atoms with Gasteiger partial charge in [0, 0.05) is 24.7 Å². The molecule has 0 unspecified atom stereocenters. The predicted octanol–water partition coefficient (Wildman–Crippen LogP) is 1.41. The molecule has 1 aliphatic rings. The zero-order valence-corrected chi connectivity index (χ0v) is 14.3. The molecule has 8 heteroatoms. The van der Waals surface area contributed by atoms with E-state index in [1.165, 1.54) is 6.07 Å². The lowest BCUT2D eigenvalue weighted by Crippen LogP contribution is -2.26. The van der Waals surface area contributed by atoms with Gasteiger partial charge < -0.3 is 10.6 Å². The highest BCUT2D eigenvalue weighted by atomic mass is 35.5. The molecule has 0 heterocycles. The Morgan fingerprint density at radius 3 is 2.59 bits per heavy atom. The van der Waals surface area contributed by atoms with Gasteiger partial charge in [-0.2, -0.15) is 0 Å². The molecular weight excluding hydrogens is 326 g/mol. The summed E-state index contributed by atoms with van der Waals surface area (Å²) in [7, 11) is -1.75. The Morgan fingerprint density at radius 1 is 1.32 bits per heavy atom. The average molecular weight is 348 g/mol. The molecule has 1 saturated carbocycles. The highest BCUT2D eigenvalue weighted by Gasteiger charge is 2.28. The molecule has 0 radical (unpaired) electrons.